The molecule has 3 rings (SSSR count). The first-order valence-corrected chi connectivity index (χ1v) is 7.34. The first-order valence-electron chi connectivity index (χ1n) is 7.34. The molecule has 0 bridgehead atoms. The molecule has 0 aliphatic carbocycles. The zero-order chi connectivity index (χ0) is 18.3. The van der Waals surface area contributed by atoms with E-state index in [9.17, 15) is 30.3 Å². The summed E-state index contributed by atoms with van der Waals surface area (Å²) >= 11 is 0. The molecule has 1 aliphatic heterocycles. The number of benzene rings is 2. The minimum absolute atomic E-state index is 0.0114. The topological polar surface area (TPSA) is 157 Å². The van der Waals surface area contributed by atoms with Crippen LogP contribution in [0.5, 0.6) is 17.2 Å². The molecule has 0 amide bonds. The first kappa shape index (κ1) is 17.2. The number of carbonyl (C=O) groups is 1. The van der Waals surface area contributed by atoms with Gasteiger partial charge in [-0.2, -0.15) is 0 Å². The number of hydrogen-bond acceptors (Lipinski definition) is 8. The Balaban J connectivity index is 1.98. The summed E-state index contributed by atoms with van der Waals surface area (Å²) in [5.74, 6) is -1.89. The van der Waals surface area contributed by atoms with Crippen LogP contribution in [-0.4, -0.2) is 67.3 Å². The van der Waals surface area contributed by atoms with E-state index >= 15 is 0 Å². The van der Waals surface area contributed by atoms with E-state index in [1.54, 1.807) is 0 Å². The molecule has 134 valence electrons. The molecule has 2 aromatic rings. The van der Waals surface area contributed by atoms with E-state index < -0.39 is 36.7 Å². The predicted molar refractivity (Wildman–Crippen MR) is 82.2 cm³/mol. The Bertz CT molecular complexity index is 806. The van der Waals surface area contributed by atoms with E-state index in [0.29, 0.717) is 0 Å². The van der Waals surface area contributed by atoms with Gasteiger partial charge in [-0.25, -0.2) is 4.79 Å². The van der Waals surface area contributed by atoms with Gasteiger partial charge in [0.1, 0.15) is 35.6 Å². The van der Waals surface area contributed by atoms with Crippen LogP contribution in [-0.2, 0) is 9.53 Å². The summed E-state index contributed by atoms with van der Waals surface area (Å²) in [5.41, 5.74) is 0. The molecule has 0 spiro atoms. The summed E-state index contributed by atoms with van der Waals surface area (Å²) in [7, 11) is 0. The van der Waals surface area contributed by atoms with Gasteiger partial charge in [0.05, 0.1) is 5.39 Å². The highest BCUT2D eigenvalue weighted by Crippen LogP contribution is 2.39. The van der Waals surface area contributed by atoms with E-state index in [2.05, 4.69) is 0 Å². The number of aliphatic carboxylic acids is 1. The molecule has 1 heterocycles. The monoisotopic (exact) mass is 352 g/mol. The lowest BCUT2D eigenvalue weighted by Gasteiger charge is -2.38. The standard InChI is InChI=1S/C16H16O9/c17-7-4-5-8(18)10-6(7)2-1-3-9(10)24-16-13(21)11(19)12(20)14(25-16)15(22)23/h1-5,11-14,16-21H,(H,22,23)/t11-,12-,13+,14-,16?/m0/s1. The molecule has 9 nitrogen and oxygen atoms in total. The highest BCUT2D eigenvalue weighted by atomic mass is 16.7. The third kappa shape index (κ3) is 2.94. The molecule has 1 fully saturated rings. The van der Waals surface area contributed by atoms with Gasteiger partial charge in [-0.3, -0.25) is 0 Å². The number of carboxylic acids is 1. The highest BCUT2D eigenvalue weighted by Gasteiger charge is 2.48. The maximum absolute atomic E-state index is 11.1. The maximum atomic E-state index is 11.1. The maximum Gasteiger partial charge on any atom is 0.335 e. The van der Waals surface area contributed by atoms with Crippen molar-refractivity contribution in [2.24, 2.45) is 0 Å². The molecule has 0 radical (unpaired) electrons. The van der Waals surface area contributed by atoms with E-state index in [1.165, 1.54) is 30.3 Å². The van der Waals surface area contributed by atoms with E-state index in [0.717, 1.165) is 0 Å². The summed E-state index contributed by atoms with van der Waals surface area (Å²) in [5, 5.41) is 58.8. The molecule has 5 atom stereocenters. The lowest BCUT2D eigenvalue weighted by Crippen LogP contribution is -2.61. The fourth-order valence-electron chi connectivity index (χ4n) is 2.71. The van der Waals surface area contributed by atoms with Crippen molar-refractivity contribution in [3.8, 4) is 17.2 Å². The van der Waals surface area contributed by atoms with Crippen molar-refractivity contribution in [2.45, 2.75) is 30.7 Å². The van der Waals surface area contributed by atoms with Crippen LogP contribution >= 0.6 is 0 Å². The van der Waals surface area contributed by atoms with Crippen LogP contribution in [0, 0.1) is 0 Å². The number of aliphatic hydroxyl groups is 3. The molecule has 1 saturated heterocycles. The van der Waals surface area contributed by atoms with Gasteiger partial charge in [0.15, 0.2) is 6.10 Å². The molecule has 0 aromatic heterocycles. The fourth-order valence-corrected chi connectivity index (χ4v) is 2.71. The highest BCUT2D eigenvalue weighted by molar-refractivity contribution is 5.97. The van der Waals surface area contributed by atoms with Gasteiger partial charge in [0.2, 0.25) is 6.29 Å². The molecule has 6 N–H and O–H groups in total. The first-order chi connectivity index (χ1) is 11.8. The number of fused-ring (bicyclic) bond motifs is 1. The average molecular weight is 352 g/mol. The third-order valence-corrected chi connectivity index (χ3v) is 4.01. The van der Waals surface area contributed by atoms with E-state index in [1.807, 2.05) is 0 Å². The van der Waals surface area contributed by atoms with Crippen LogP contribution in [0.4, 0.5) is 0 Å². The Morgan fingerprint density at radius 2 is 1.64 bits per heavy atom. The van der Waals surface area contributed by atoms with Gasteiger partial charge in [0, 0.05) is 5.39 Å². The number of hydrogen-bond donors (Lipinski definition) is 6. The summed E-state index contributed by atoms with van der Waals surface area (Å²) < 4.78 is 10.5. The Morgan fingerprint density at radius 1 is 0.960 bits per heavy atom. The summed E-state index contributed by atoms with van der Waals surface area (Å²) in [6.07, 6.45) is -8.80. The molecule has 0 saturated carbocycles. The SMILES string of the molecule is O=C(O)[C@H]1OC(Oc2cccc3c(O)ccc(O)c23)[C@H](O)[C@@H](O)[C@@H]1O. The number of phenolic OH excluding ortho intramolecular Hbond substituents is 2. The number of aromatic hydroxyl groups is 2. The second-order valence-electron chi connectivity index (χ2n) is 5.64. The summed E-state index contributed by atoms with van der Waals surface area (Å²) in [4.78, 5) is 11.1. The number of rotatable bonds is 3. The summed E-state index contributed by atoms with van der Waals surface area (Å²) in [6, 6.07) is 6.96. The van der Waals surface area contributed by atoms with Crippen molar-refractivity contribution in [3.05, 3.63) is 30.3 Å². The smallest absolute Gasteiger partial charge is 0.335 e. The largest absolute Gasteiger partial charge is 0.507 e. The lowest BCUT2D eigenvalue weighted by atomic mass is 9.99. The van der Waals surface area contributed by atoms with Gasteiger partial charge in [0.25, 0.3) is 0 Å². The van der Waals surface area contributed by atoms with Crippen molar-refractivity contribution in [2.75, 3.05) is 0 Å². The number of carboxylic acid groups (broad SMARTS) is 1. The Labute approximate surface area is 140 Å². The van der Waals surface area contributed by atoms with Crippen molar-refractivity contribution in [1.29, 1.82) is 0 Å². The molecular weight excluding hydrogens is 336 g/mol. The molecule has 2 aromatic carbocycles. The molecule has 25 heavy (non-hydrogen) atoms. The van der Waals surface area contributed by atoms with Crippen LogP contribution in [0.15, 0.2) is 30.3 Å². The van der Waals surface area contributed by atoms with Crippen molar-refractivity contribution in [1.82, 2.24) is 0 Å². The number of phenols is 2. The zero-order valence-electron chi connectivity index (χ0n) is 12.7. The second-order valence-corrected chi connectivity index (χ2v) is 5.64. The van der Waals surface area contributed by atoms with Crippen molar-refractivity contribution in [3.63, 3.8) is 0 Å². The molecule has 1 aliphatic rings. The molecule has 1 unspecified atom stereocenters. The minimum Gasteiger partial charge on any atom is -0.507 e. The van der Waals surface area contributed by atoms with Crippen LogP contribution in [0.1, 0.15) is 0 Å². The van der Waals surface area contributed by atoms with Crippen LogP contribution < -0.4 is 4.74 Å². The quantitative estimate of drug-likeness (QED) is 0.401. The Kier molecular flexibility index (Phi) is 4.39. The number of ether oxygens (including phenoxy) is 2. The number of aliphatic hydroxyl groups excluding tert-OH is 3. The Morgan fingerprint density at radius 3 is 2.32 bits per heavy atom. The third-order valence-electron chi connectivity index (χ3n) is 4.01. The minimum atomic E-state index is -1.84. The molecule has 9 heteroatoms. The predicted octanol–water partition coefficient (Wildman–Crippen LogP) is -0.478. The van der Waals surface area contributed by atoms with E-state index in [4.69, 9.17) is 14.6 Å². The van der Waals surface area contributed by atoms with Gasteiger partial charge in [-0.1, -0.05) is 12.1 Å². The van der Waals surface area contributed by atoms with Crippen LogP contribution in [0.3, 0.4) is 0 Å². The summed E-state index contributed by atoms with van der Waals surface area (Å²) in [6.45, 7) is 0. The fraction of sp³-hybridized carbons (Fsp3) is 0.312. The zero-order valence-corrected chi connectivity index (χ0v) is 12.7. The second kappa shape index (κ2) is 6.37. The van der Waals surface area contributed by atoms with Gasteiger partial charge >= 0.3 is 5.97 Å². The van der Waals surface area contributed by atoms with Gasteiger partial charge in [-0.05, 0) is 18.2 Å². The van der Waals surface area contributed by atoms with Crippen LogP contribution in [0.25, 0.3) is 10.8 Å². The van der Waals surface area contributed by atoms with E-state index in [-0.39, 0.29) is 28.0 Å². The normalized spacial score (nSPS) is 29.5. The van der Waals surface area contributed by atoms with Crippen molar-refractivity contribution >= 4 is 16.7 Å². The molecular formula is C16H16O9. The van der Waals surface area contributed by atoms with Crippen LogP contribution in [0.2, 0.25) is 0 Å². The Hall–Kier alpha value is -2.59. The lowest BCUT2D eigenvalue weighted by molar-refractivity contribution is -0.270. The van der Waals surface area contributed by atoms with Crippen molar-refractivity contribution < 1.29 is 44.9 Å². The van der Waals surface area contributed by atoms with Gasteiger partial charge in [-0.15, -0.1) is 0 Å². The van der Waals surface area contributed by atoms with Gasteiger partial charge < -0.3 is 40.1 Å². The average Bonchev–Trinajstić information content (AvgIpc) is 2.58.